The molecule has 3 atom stereocenters. The van der Waals surface area contributed by atoms with Gasteiger partial charge in [0, 0.05) is 5.92 Å². The molecule has 6 nitrogen and oxygen atoms in total. The van der Waals surface area contributed by atoms with E-state index in [2.05, 4.69) is 0 Å². The van der Waals surface area contributed by atoms with Crippen LogP contribution in [-0.4, -0.2) is 38.9 Å². The van der Waals surface area contributed by atoms with E-state index < -0.39 is 32.5 Å². The predicted octanol–water partition coefficient (Wildman–Crippen LogP) is 2.20. The highest BCUT2D eigenvalue weighted by Crippen LogP contribution is 2.56. The van der Waals surface area contributed by atoms with Crippen LogP contribution < -0.4 is 10.5 Å². The number of nitrogens with two attached hydrogens (primary N) is 1. The van der Waals surface area contributed by atoms with Crippen LogP contribution in [0.25, 0.3) is 0 Å². The van der Waals surface area contributed by atoms with E-state index in [9.17, 15) is 13.2 Å². The van der Waals surface area contributed by atoms with E-state index in [1.807, 2.05) is 6.92 Å². The lowest BCUT2D eigenvalue weighted by molar-refractivity contribution is -0.145. The number of hydrogen-bond acceptors (Lipinski definition) is 6. The van der Waals surface area contributed by atoms with Crippen molar-refractivity contribution in [2.75, 3.05) is 13.7 Å². The van der Waals surface area contributed by atoms with Gasteiger partial charge >= 0.3 is 5.97 Å². The fraction of sp³-hybridized carbons (Fsp3) is 0.350. The second-order valence-electron chi connectivity index (χ2n) is 6.68. The smallest absolute Gasteiger partial charge is 0.328 e. The first kappa shape index (κ1) is 19.4. The molecule has 3 rings (SSSR count). The lowest BCUT2D eigenvalue weighted by atomic mass is 10.1. The van der Waals surface area contributed by atoms with Gasteiger partial charge in [0.05, 0.1) is 18.6 Å². The summed E-state index contributed by atoms with van der Waals surface area (Å²) in [6.07, 6.45) is 0. The third-order valence-electron chi connectivity index (χ3n) is 4.97. The molecule has 1 aliphatic carbocycles. The zero-order valence-corrected chi connectivity index (χ0v) is 16.3. The molecular weight excluding hydrogens is 366 g/mol. The number of carbonyl (C=O) groups excluding carboxylic acids is 1. The maximum atomic E-state index is 13.2. The molecule has 0 radical (unpaired) electrons. The number of esters is 1. The number of carbonyl (C=O) groups is 1. The van der Waals surface area contributed by atoms with Crippen LogP contribution in [0, 0.1) is 6.92 Å². The van der Waals surface area contributed by atoms with Gasteiger partial charge in [-0.15, -0.1) is 0 Å². The molecule has 144 valence electrons. The van der Waals surface area contributed by atoms with Gasteiger partial charge in [-0.3, -0.25) is 0 Å². The molecule has 27 heavy (non-hydrogen) atoms. The average molecular weight is 389 g/mol. The van der Waals surface area contributed by atoms with Gasteiger partial charge in [-0.25, -0.2) is 13.2 Å². The van der Waals surface area contributed by atoms with Crippen molar-refractivity contribution in [3.63, 3.8) is 0 Å². The van der Waals surface area contributed by atoms with Gasteiger partial charge in [-0.05, 0) is 43.7 Å². The molecule has 0 heterocycles. The minimum absolute atomic E-state index is 0.129. The molecule has 0 aromatic heterocycles. The highest BCUT2D eigenvalue weighted by molar-refractivity contribution is 7.92. The fourth-order valence-electron chi connectivity index (χ4n) is 3.45. The quantitative estimate of drug-likeness (QED) is 0.761. The number of rotatable bonds is 6. The van der Waals surface area contributed by atoms with E-state index in [4.69, 9.17) is 15.2 Å². The van der Waals surface area contributed by atoms with Crippen molar-refractivity contribution in [1.82, 2.24) is 0 Å². The summed E-state index contributed by atoms with van der Waals surface area (Å²) < 4.78 is 36.7. The largest absolute Gasteiger partial charge is 0.497 e. The van der Waals surface area contributed by atoms with Crippen LogP contribution in [0.3, 0.4) is 0 Å². The summed E-state index contributed by atoms with van der Waals surface area (Å²) in [5.74, 6) is -0.753. The first-order valence-electron chi connectivity index (χ1n) is 8.67. The zero-order valence-electron chi connectivity index (χ0n) is 15.5. The third-order valence-corrected chi connectivity index (χ3v) is 7.23. The Morgan fingerprint density at radius 2 is 1.70 bits per heavy atom. The number of sulfone groups is 1. The maximum absolute atomic E-state index is 13.2. The standard InChI is InChI=1S/C20H23NO5S/c1-4-26-19(22)20(21)17(14-7-9-15(25-3)10-8-14)18(20)27(23,24)16-11-5-13(2)6-12-16/h5-12,17-18H,4,21H2,1-3H3/t17-,18+,20+/m1/s1. The molecule has 0 unspecified atom stereocenters. The van der Waals surface area contributed by atoms with Gasteiger partial charge in [0.1, 0.15) is 16.5 Å². The van der Waals surface area contributed by atoms with E-state index in [0.29, 0.717) is 11.3 Å². The minimum atomic E-state index is -3.82. The first-order valence-corrected chi connectivity index (χ1v) is 10.2. The second kappa shape index (κ2) is 6.98. The monoisotopic (exact) mass is 389 g/mol. The summed E-state index contributed by atoms with van der Waals surface area (Å²) in [6.45, 7) is 3.67. The molecule has 0 amide bonds. The van der Waals surface area contributed by atoms with Crippen LogP contribution in [0.5, 0.6) is 5.75 Å². The summed E-state index contributed by atoms with van der Waals surface area (Å²) in [6, 6.07) is 13.4. The molecule has 2 aromatic carbocycles. The number of benzene rings is 2. The topological polar surface area (TPSA) is 95.7 Å². The van der Waals surface area contributed by atoms with Crippen LogP contribution in [0.15, 0.2) is 53.4 Å². The van der Waals surface area contributed by atoms with E-state index in [1.165, 1.54) is 0 Å². The fourth-order valence-corrected chi connectivity index (χ4v) is 5.67. The Balaban J connectivity index is 2.04. The second-order valence-corrected chi connectivity index (χ2v) is 8.75. The molecule has 1 aliphatic rings. The Morgan fingerprint density at radius 1 is 1.11 bits per heavy atom. The number of hydrogen-bond donors (Lipinski definition) is 1. The lowest BCUT2D eigenvalue weighted by Crippen LogP contribution is -2.41. The molecular formula is C20H23NO5S. The molecule has 2 N–H and O–H groups in total. The summed E-state index contributed by atoms with van der Waals surface area (Å²) in [5.41, 5.74) is 6.32. The highest BCUT2D eigenvalue weighted by atomic mass is 32.2. The van der Waals surface area contributed by atoms with E-state index in [0.717, 1.165) is 5.56 Å². The van der Waals surface area contributed by atoms with Crippen LogP contribution >= 0.6 is 0 Å². The minimum Gasteiger partial charge on any atom is -0.497 e. The van der Waals surface area contributed by atoms with Gasteiger partial charge in [0.15, 0.2) is 9.84 Å². The first-order chi connectivity index (χ1) is 12.8. The predicted molar refractivity (Wildman–Crippen MR) is 101 cm³/mol. The van der Waals surface area contributed by atoms with E-state index in [-0.39, 0.29) is 11.5 Å². The van der Waals surface area contributed by atoms with Crippen LogP contribution in [-0.2, 0) is 19.4 Å². The number of ether oxygens (including phenoxy) is 2. The van der Waals surface area contributed by atoms with Crippen LogP contribution in [0.2, 0.25) is 0 Å². The van der Waals surface area contributed by atoms with E-state index >= 15 is 0 Å². The SMILES string of the molecule is CCOC(=O)[C@]1(N)[C@H](c2ccc(OC)cc2)[C@@H]1S(=O)(=O)c1ccc(C)cc1. The Labute approximate surface area is 159 Å². The molecule has 0 bridgehead atoms. The third kappa shape index (κ3) is 3.21. The van der Waals surface area contributed by atoms with Crippen molar-refractivity contribution in [3.05, 3.63) is 59.7 Å². The Kier molecular flexibility index (Phi) is 5.01. The van der Waals surface area contributed by atoms with Gasteiger partial charge in [-0.1, -0.05) is 29.8 Å². The van der Waals surface area contributed by atoms with Crippen molar-refractivity contribution < 1.29 is 22.7 Å². The Bertz CT molecular complexity index is 937. The van der Waals surface area contributed by atoms with E-state index in [1.54, 1.807) is 62.6 Å². The Morgan fingerprint density at radius 3 is 2.22 bits per heavy atom. The summed E-state index contributed by atoms with van der Waals surface area (Å²) in [7, 11) is -2.28. The van der Waals surface area contributed by atoms with Crippen LogP contribution in [0.4, 0.5) is 0 Å². The van der Waals surface area contributed by atoms with Crippen molar-refractivity contribution >= 4 is 15.8 Å². The molecule has 1 saturated carbocycles. The lowest BCUT2D eigenvalue weighted by Gasteiger charge is -2.11. The maximum Gasteiger partial charge on any atom is 0.328 e. The molecule has 7 heteroatoms. The summed E-state index contributed by atoms with van der Waals surface area (Å²) in [5, 5.41) is -1.08. The molecule has 0 saturated heterocycles. The highest BCUT2D eigenvalue weighted by Gasteiger charge is 2.74. The molecule has 2 aromatic rings. The van der Waals surface area contributed by atoms with Crippen molar-refractivity contribution in [2.24, 2.45) is 5.73 Å². The number of aryl methyl sites for hydroxylation is 1. The average Bonchev–Trinajstić information content (AvgIpc) is 3.31. The normalized spacial score (nSPS) is 24.3. The summed E-state index contributed by atoms with van der Waals surface area (Å²) >= 11 is 0. The van der Waals surface area contributed by atoms with Crippen LogP contribution in [0.1, 0.15) is 24.0 Å². The van der Waals surface area contributed by atoms with Crippen molar-refractivity contribution in [2.45, 2.75) is 35.4 Å². The molecule has 0 aliphatic heterocycles. The van der Waals surface area contributed by atoms with Gasteiger partial charge in [-0.2, -0.15) is 0 Å². The van der Waals surface area contributed by atoms with Gasteiger partial charge in [0.2, 0.25) is 0 Å². The number of methoxy groups -OCH3 is 1. The van der Waals surface area contributed by atoms with Crippen molar-refractivity contribution in [3.8, 4) is 5.75 Å². The van der Waals surface area contributed by atoms with Gasteiger partial charge in [0.25, 0.3) is 0 Å². The van der Waals surface area contributed by atoms with Gasteiger partial charge < -0.3 is 15.2 Å². The summed E-state index contributed by atoms with van der Waals surface area (Å²) in [4.78, 5) is 12.7. The molecule has 1 fully saturated rings. The zero-order chi connectivity index (χ0) is 19.8. The molecule has 0 spiro atoms. The Hall–Kier alpha value is -2.38. The van der Waals surface area contributed by atoms with Crippen molar-refractivity contribution in [1.29, 1.82) is 0 Å².